The number of ether oxygens (including phenoxy) is 1. The minimum absolute atomic E-state index is 0.143. The summed E-state index contributed by atoms with van der Waals surface area (Å²) in [4.78, 5) is 12.5. The summed E-state index contributed by atoms with van der Waals surface area (Å²) >= 11 is 0. The SMILES string of the molecule is Cc1cccc(-n2nc(C(C)(C)C)cc2NC(=O)COc2ccc(C#N)cc2)c1. The molecule has 0 radical (unpaired) electrons. The number of nitrogens with one attached hydrogen (secondary N) is 1. The van der Waals surface area contributed by atoms with Crippen molar-refractivity contribution < 1.29 is 9.53 Å². The van der Waals surface area contributed by atoms with Gasteiger partial charge in [-0.3, -0.25) is 4.79 Å². The molecule has 2 aromatic carbocycles. The van der Waals surface area contributed by atoms with Gasteiger partial charge in [-0.05, 0) is 48.9 Å². The second-order valence-electron chi connectivity index (χ2n) is 7.89. The summed E-state index contributed by atoms with van der Waals surface area (Å²) in [5.41, 5.74) is 3.24. The Hall–Kier alpha value is -3.59. The number of benzene rings is 2. The number of aromatic nitrogens is 2. The lowest BCUT2D eigenvalue weighted by Crippen LogP contribution is -2.21. The summed E-state index contributed by atoms with van der Waals surface area (Å²) in [5.74, 6) is 0.833. The fraction of sp³-hybridized carbons (Fsp3) is 0.261. The Morgan fingerprint density at radius 2 is 1.90 bits per heavy atom. The maximum absolute atomic E-state index is 12.5. The van der Waals surface area contributed by atoms with Crippen LogP contribution in [0.1, 0.15) is 37.6 Å². The van der Waals surface area contributed by atoms with Crippen LogP contribution in [0.25, 0.3) is 5.69 Å². The number of aryl methyl sites for hydroxylation is 1. The highest BCUT2D eigenvalue weighted by Crippen LogP contribution is 2.26. The Balaban J connectivity index is 1.78. The minimum atomic E-state index is -0.288. The molecule has 3 rings (SSSR count). The summed E-state index contributed by atoms with van der Waals surface area (Å²) in [7, 11) is 0. The van der Waals surface area contributed by atoms with Crippen molar-refractivity contribution in [3.63, 3.8) is 0 Å². The lowest BCUT2D eigenvalue weighted by Gasteiger charge is -2.14. The molecule has 1 aromatic heterocycles. The number of carbonyl (C=O) groups is 1. The van der Waals surface area contributed by atoms with Gasteiger partial charge in [-0.25, -0.2) is 4.68 Å². The normalized spacial score (nSPS) is 11.0. The van der Waals surface area contributed by atoms with E-state index >= 15 is 0 Å². The molecule has 6 nitrogen and oxygen atoms in total. The zero-order valence-corrected chi connectivity index (χ0v) is 17.1. The van der Waals surface area contributed by atoms with E-state index in [-0.39, 0.29) is 17.9 Å². The van der Waals surface area contributed by atoms with Gasteiger partial charge in [0.1, 0.15) is 11.6 Å². The van der Waals surface area contributed by atoms with Crippen molar-refractivity contribution in [2.75, 3.05) is 11.9 Å². The largest absolute Gasteiger partial charge is 0.484 e. The molecule has 6 heteroatoms. The molecule has 148 valence electrons. The molecule has 3 aromatic rings. The van der Waals surface area contributed by atoms with Crippen LogP contribution in [0.4, 0.5) is 5.82 Å². The number of hydrogen-bond acceptors (Lipinski definition) is 4. The first-order valence-corrected chi connectivity index (χ1v) is 9.36. The topological polar surface area (TPSA) is 79.9 Å². The number of hydrogen-bond donors (Lipinski definition) is 1. The molecule has 0 bridgehead atoms. The van der Waals surface area contributed by atoms with Crippen molar-refractivity contribution in [3.05, 3.63) is 71.4 Å². The highest BCUT2D eigenvalue weighted by molar-refractivity contribution is 5.91. The summed E-state index contributed by atoms with van der Waals surface area (Å²) < 4.78 is 7.27. The lowest BCUT2D eigenvalue weighted by atomic mass is 9.92. The fourth-order valence-electron chi connectivity index (χ4n) is 2.75. The predicted octanol–water partition coefficient (Wildman–Crippen LogP) is 4.37. The van der Waals surface area contributed by atoms with Crippen LogP contribution >= 0.6 is 0 Å². The van der Waals surface area contributed by atoms with Crippen LogP contribution in [-0.4, -0.2) is 22.3 Å². The molecule has 1 amide bonds. The van der Waals surface area contributed by atoms with Crippen LogP contribution in [0.3, 0.4) is 0 Å². The molecule has 29 heavy (non-hydrogen) atoms. The third-order valence-electron chi connectivity index (χ3n) is 4.34. The number of nitriles is 1. The van der Waals surface area contributed by atoms with Crippen molar-refractivity contribution in [1.82, 2.24) is 9.78 Å². The molecule has 0 spiro atoms. The Kier molecular flexibility index (Phi) is 5.69. The van der Waals surface area contributed by atoms with Crippen LogP contribution in [0, 0.1) is 18.3 Å². The average Bonchev–Trinajstić information content (AvgIpc) is 3.11. The van der Waals surface area contributed by atoms with Gasteiger partial charge in [-0.1, -0.05) is 32.9 Å². The first-order chi connectivity index (χ1) is 13.8. The zero-order chi connectivity index (χ0) is 21.0. The van der Waals surface area contributed by atoms with Crippen LogP contribution in [0.15, 0.2) is 54.6 Å². The molecular weight excluding hydrogens is 364 g/mol. The average molecular weight is 388 g/mol. The molecule has 0 saturated carbocycles. The van der Waals surface area contributed by atoms with Gasteiger partial charge in [-0.2, -0.15) is 10.4 Å². The maximum atomic E-state index is 12.5. The summed E-state index contributed by atoms with van der Waals surface area (Å²) in [5, 5.41) is 16.5. The van der Waals surface area contributed by atoms with Gasteiger partial charge >= 0.3 is 0 Å². The van der Waals surface area contributed by atoms with Gasteiger partial charge in [0.15, 0.2) is 6.61 Å². The minimum Gasteiger partial charge on any atom is -0.484 e. The van der Waals surface area contributed by atoms with E-state index < -0.39 is 0 Å². The third-order valence-corrected chi connectivity index (χ3v) is 4.34. The highest BCUT2D eigenvalue weighted by Gasteiger charge is 2.21. The molecule has 0 aliphatic carbocycles. The number of carbonyl (C=O) groups excluding carboxylic acids is 1. The third kappa shape index (κ3) is 5.02. The summed E-state index contributed by atoms with van der Waals surface area (Å²) in [6.45, 7) is 8.11. The standard InChI is InChI=1S/C23H24N4O2/c1-16-6-5-7-18(12-16)27-21(13-20(26-27)23(2,3)4)25-22(28)15-29-19-10-8-17(14-24)9-11-19/h5-13H,15H2,1-4H3,(H,25,28). The molecule has 0 fully saturated rings. The van der Waals surface area contributed by atoms with Crippen molar-refractivity contribution >= 4 is 11.7 Å². The van der Waals surface area contributed by atoms with E-state index in [0.717, 1.165) is 16.9 Å². The van der Waals surface area contributed by atoms with Gasteiger partial charge in [0, 0.05) is 11.5 Å². The molecule has 0 atom stereocenters. The second-order valence-corrected chi connectivity index (χ2v) is 7.89. The second kappa shape index (κ2) is 8.19. The number of amides is 1. The Morgan fingerprint density at radius 3 is 2.52 bits per heavy atom. The Bertz CT molecular complexity index is 1050. The van der Waals surface area contributed by atoms with Gasteiger partial charge in [-0.15, -0.1) is 0 Å². The molecule has 0 saturated heterocycles. The molecule has 1 heterocycles. The fourth-order valence-corrected chi connectivity index (χ4v) is 2.75. The summed E-state index contributed by atoms with van der Waals surface area (Å²) in [6, 6.07) is 18.5. The van der Waals surface area contributed by atoms with E-state index in [2.05, 4.69) is 26.1 Å². The Labute approximate surface area is 170 Å². The van der Waals surface area contributed by atoms with Crippen LogP contribution in [0.2, 0.25) is 0 Å². The van der Waals surface area contributed by atoms with Gasteiger partial charge in [0.2, 0.25) is 0 Å². The Morgan fingerprint density at radius 1 is 1.17 bits per heavy atom. The molecular formula is C23H24N4O2. The van der Waals surface area contributed by atoms with E-state index in [4.69, 9.17) is 15.1 Å². The molecule has 0 aliphatic heterocycles. The van der Waals surface area contributed by atoms with Crippen LogP contribution in [0.5, 0.6) is 5.75 Å². The highest BCUT2D eigenvalue weighted by atomic mass is 16.5. The smallest absolute Gasteiger partial charge is 0.263 e. The number of nitrogens with zero attached hydrogens (tertiary/aromatic N) is 3. The summed E-state index contributed by atoms with van der Waals surface area (Å²) in [6.07, 6.45) is 0. The van der Waals surface area contributed by atoms with E-state index in [1.807, 2.05) is 43.3 Å². The van der Waals surface area contributed by atoms with E-state index in [1.165, 1.54) is 0 Å². The zero-order valence-electron chi connectivity index (χ0n) is 17.1. The van der Waals surface area contributed by atoms with Crippen molar-refractivity contribution in [3.8, 4) is 17.5 Å². The monoisotopic (exact) mass is 388 g/mol. The number of anilines is 1. The van der Waals surface area contributed by atoms with E-state index in [1.54, 1.807) is 28.9 Å². The van der Waals surface area contributed by atoms with Gasteiger partial charge < -0.3 is 10.1 Å². The molecule has 0 aliphatic rings. The predicted molar refractivity (Wildman–Crippen MR) is 112 cm³/mol. The van der Waals surface area contributed by atoms with E-state index in [0.29, 0.717) is 17.1 Å². The van der Waals surface area contributed by atoms with Gasteiger partial charge in [0.05, 0.1) is 23.0 Å². The van der Waals surface area contributed by atoms with E-state index in [9.17, 15) is 4.79 Å². The maximum Gasteiger partial charge on any atom is 0.263 e. The van der Waals surface area contributed by atoms with Crippen molar-refractivity contribution in [2.45, 2.75) is 33.1 Å². The number of rotatable bonds is 5. The first kappa shape index (κ1) is 20.2. The molecule has 0 unspecified atom stereocenters. The lowest BCUT2D eigenvalue weighted by molar-refractivity contribution is -0.118. The first-order valence-electron chi connectivity index (χ1n) is 9.36. The quantitative estimate of drug-likeness (QED) is 0.704. The van der Waals surface area contributed by atoms with Crippen molar-refractivity contribution in [2.24, 2.45) is 0 Å². The molecule has 1 N–H and O–H groups in total. The van der Waals surface area contributed by atoms with Crippen LogP contribution < -0.4 is 10.1 Å². The van der Waals surface area contributed by atoms with Crippen LogP contribution in [-0.2, 0) is 10.2 Å². The van der Waals surface area contributed by atoms with Crippen molar-refractivity contribution in [1.29, 1.82) is 5.26 Å². The van der Waals surface area contributed by atoms with Gasteiger partial charge in [0.25, 0.3) is 5.91 Å².